The molecule has 0 aliphatic carbocycles. The van der Waals surface area contributed by atoms with Crippen LogP contribution in [0.3, 0.4) is 0 Å². The monoisotopic (exact) mass is 343 g/mol. The Morgan fingerprint density at radius 1 is 1.24 bits per heavy atom. The lowest BCUT2D eigenvalue weighted by Crippen LogP contribution is -2.38. The topological polar surface area (TPSA) is 80.0 Å². The summed E-state index contributed by atoms with van der Waals surface area (Å²) in [6, 6.07) is 9.36. The summed E-state index contributed by atoms with van der Waals surface area (Å²) in [5.41, 5.74) is 1.26. The van der Waals surface area contributed by atoms with E-state index in [1.54, 1.807) is 12.0 Å². The van der Waals surface area contributed by atoms with Gasteiger partial charge in [0.15, 0.2) is 5.76 Å². The first-order valence-electron chi connectivity index (χ1n) is 8.31. The first-order chi connectivity index (χ1) is 12.1. The second kappa shape index (κ2) is 7.42. The highest BCUT2D eigenvalue weighted by atomic mass is 16.5. The fourth-order valence-electron chi connectivity index (χ4n) is 3.15. The third-order valence-electron chi connectivity index (χ3n) is 4.64. The highest BCUT2D eigenvalue weighted by Crippen LogP contribution is 2.24. The van der Waals surface area contributed by atoms with Crippen LogP contribution in [0.2, 0.25) is 0 Å². The highest BCUT2D eigenvalue weighted by Gasteiger charge is 2.26. The molecular formula is C19H21NO5. The Morgan fingerprint density at radius 3 is 2.48 bits per heavy atom. The molecule has 132 valence electrons. The quantitative estimate of drug-likeness (QED) is 0.902. The van der Waals surface area contributed by atoms with E-state index in [-0.39, 0.29) is 17.2 Å². The van der Waals surface area contributed by atoms with E-state index >= 15 is 0 Å². The van der Waals surface area contributed by atoms with Crippen LogP contribution in [0.25, 0.3) is 0 Å². The van der Waals surface area contributed by atoms with Crippen LogP contribution in [0, 0.1) is 5.92 Å². The van der Waals surface area contributed by atoms with Crippen LogP contribution in [0.5, 0.6) is 5.75 Å². The second-order valence-electron chi connectivity index (χ2n) is 6.29. The minimum absolute atomic E-state index is 0.00209. The lowest BCUT2D eigenvalue weighted by molar-refractivity contribution is 0.0656. The number of benzene rings is 1. The molecule has 25 heavy (non-hydrogen) atoms. The van der Waals surface area contributed by atoms with Crippen LogP contribution in [-0.2, 0) is 6.42 Å². The number of aromatic carboxylic acids is 1. The Hall–Kier alpha value is -2.76. The second-order valence-corrected chi connectivity index (χ2v) is 6.29. The van der Waals surface area contributed by atoms with Gasteiger partial charge < -0.3 is 19.2 Å². The summed E-state index contributed by atoms with van der Waals surface area (Å²) in [6.07, 6.45) is 3.93. The molecule has 1 aromatic carbocycles. The molecule has 0 bridgehead atoms. The first-order valence-corrected chi connectivity index (χ1v) is 8.31. The van der Waals surface area contributed by atoms with Gasteiger partial charge in [-0.2, -0.15) is 0 Å². The Balaban J connectivity index is 1.53. The predicted molar refractivity (Wildman–Crippen MR) is 91.0 cm³/mol. The average molecular weight is 343 g/mol. The zero-order valence-electron chi connectivity index (χ0n) is 14.1. The number of piperidine rings is 1. The molecule has 1 saturated heterocycles. The number of rotatable bonds is 5. The van der Waals surface area contributed by atoms with E-state index < -0.39 is 5.97 Å². The maximum Gasteiger partial charge on any atom is 0.338 e. The number of likely N-dealkylation sites (tertiary alicyclic amines) is 1. The van der Waals surface area contributed by atoms with E-state index in [0.29, 0.717) is 19.0 Å². The van der Waals surface area contributed by atoms with Crippen molar-refractivity contribution in [3.63, 3.8) is 0 Å². The number of carboxylic acid groups (broad SMARTS) is 1. The predicted octanol–water partition coefficient (Wildman–Crippen LogP) is 3.08. The van der Waals surface area contributed by atoms with Gasteiger partial charge in [0.2, 0.25) is 0 Å². The molecule has 1 fully saturated rings. The Labute approximate surface area is 146 Å². The van der Waals surface area contributed by atoms with E-state index in [4.69, 9.17) is 14.3 Å². The largest absolute Gasteiger partial charge is 0.497 e. The Kier molecular flexibility index (Phi) is 5.07. The van der Waals surface area contributed by atoms with Gasteiger partial charge in [-0.15, -0.1) is 0 Å². The van der Waals surface area contributed by atoms with Crippen molar-refractivity contribution in [2.45, 2.75) is 19.3 Å². The summed E-state index contributed by atoms with van der Waals surface area (Å²) in [5, 5.41) is 8.91. The van der Waals surface area contributed by atoms with E-state index in [2.05, 4.69) is 12.1 Å². The van der Waals surface area contributed by atoms with Crippen LogP contribution in [0.15, 0.2) is 41.0 Å². The van der Waals surface area contributed by atoms with E-state index in [1.807, 2.05) is 12.1 Å². The standard InChI is InChI=1S/C19H21NO5/c1-24-16-4-2-13(3-5-16)10-14-6-8-20(9-7-14)18(21)17-11-15(12-25-17)19(22)23/h2-5,11-12,14H,6-10H2,1H3,(H,22,23). The van der Waals surface area contributed by atoms with Gasteiger partial charge in [0.05, 0.1) is 12.7 Å². The molecule has 0 spiro atoms. The summed E-state index contributed by atoms with van der Waals surface area (Å²) in [7, 11) is 1.65. The van der Waals surface area contributed by atoms with Gasteiger partial charge in [-0.25, -0.2) is 4.79 Å². The SMILES string of the molecule is COc1ccc(CC2CCN(C(=O)c3cc(C(=O)O)co3)CC2)cc1. The Morgan fingerprint density at radius 2 is 1.92 bits per heavy atom. The molecule has 1 amide bonds. The lowest BCUT2D eigenvalue weighted by Gasteiger charge is -2.31. The van der Waals surface area contributed by atoms with Crippen LogP contribution in [0.4, 0.5) is 0 Å². The molecule has 2 aromatic rings. The van der Waals surface area contributed by atoms with Gasteiger partial charge in [0, 0.05) is 19.2 Å². The molecule has 6 nitrogen and oxygen atoms in total. The van der Waals surface area contributed by atoms with Gasteiger partial charge in [-0.3, -0.25) is 4.79 Å². The number of nitrogens with zero attached hydrogens (tertiary/aromatic N) is 1. The number of methoxy groups -OCH3 is 1. The molecule has 1 N–H and O–H groups in total. The van der Waals surface area contributed by atoms with E-state index in [1.165, 1.54) is 11.6 Å². The minimum atomic E-state index is -1.10. The van der Waals surface area contributed by atoms with Crippen molar-refractivity contribution in [3.05, 3.63) is 53.5 Å². The molecule has 1 aromatic heterocycles. The van der Waals surface area contributed by atoms with Gasteiger partial charge in [0.25, 0.3) is 5.91 Å². The fourth-order valence-corrected chi connectivity index (χ4v) is 3.15. The van der Waals surface area contributed by atoms with Crippen molar-refractivity contribution in [3.8, 4) is 5.75 Å². The smallest absolute Gasteiger partial charge is 0.338 e. The van der Waals surface area contributed by atoms with Crippen molar-refractivity contribution in [2.75, 3.05) is 20.2 Å². The molecule has 3 rings (SSSR count). The fraction of sp³-hybridized carbons (Fsp3) is 0.368. The molecule has 0 unspecified atom stereocenters. The summed E-state index contributed by atoms with van der Waals surface area (Å²) in [6.45, 7) is 1.31. The zero-order chi connectivity index (χ0) is 17.8. The lowest BCUT2D eigenvalue weighted by atomic mass is 9.90. The molecule has 0 saturated carbocycles. The average Bonchev–Trinajstić information content (AvgIpc) is 3.13. The van der Waals surface area contributed by atoms with Crippen molar-refractivity contribution in [2.24, 2.45) is 5.92 Å². The molecule has 1 aliphatic rings. The van der Waals surface area contributed by atoms with E-state index in [0.717, 1.165) is 31.3 Å². The zero-order valence-corrected chi connectivity index (χ0v) is 14.1. The molecule has 1 aliphatic heterocycles. The number of ether oxygens (including phenoxy) is 1. The maximum absolute atomic E-state index is 12.4. The van der Waals surface area contributed by atoms with Crippen LogP contribution >= 0.6 is 0 Å². The third kappa shape index (κ3) is 4.02. The van der Waals surface area contributed by atoms with Crippen molar-refractivity contribution < 1.29 is 23.8 Å². The normalized spacial score (nSPS) is 15.2. The summed E-state index contributed by atoms with van der Waals surface area (Å²) in [4.78, 5) is 25.0. The molecule has 0 radical (unpaired) electrons. The molecule has 6 heteroatoms. The van der Waals surface area contributed by atoms with Crippen LogP contribution in [0.1, 0.15) is 39.3 Å². The van der Waals surface area contributed by atoms with E-state index in [9.17, 15) is 9.59 Å². The maximum atomic E-state index is 12.4. The van der Waals surface area contributed by atoms with Crippen LogP contribution < -0.4 is 4.74 Å². The van der Waals surface area contributed by atoms with Gasteiger partial charge in [-0.1, -0.05) is 12.1 Å². The van der Waals surface area contributed by atoms with Crippen molar-refractivity contribution in [1.82, 2.24) is 4.90 Å². The number of hydrogen-bond donors (Lipinski definition) is 1. The molecule has 2 heterocycles. The number of furan rings is 1. The van der Waals surface area contributed by atoms with Gasteiger partial charge >= 0.3 is 5.97 Å². The number of amides is 1. The Bertz CT molecular complexity index is 741. The number of hydrogen-bond acceptors (Lipinski definition) is 4. The van der Waals surface area contributed by atoms with Gasteiger partial charge in [-0.05, 0) is 42.9 Å². The van der Waals surface area contributed by atoms with Crippen LogP contribution in [-0.4, -0.2) is 42.1 Å². The number of carboxylic acids is 1. The number of carbonyl (C=O) groups excluding carboxylic acids is 1. The summed E-state index contributed by atoms with van der Waals surface area (Å²) >= 11 is 0. The van der Waals surface area contributed by atoms with Crippen molar-refractivity contribution >= 4 is 11.9 Å². The highest BCUT2D eigenvalue weighted by molar-refractivity contribution is 5.95. The first kappa shape index (κ1) is 17.1. The molecule has 0 atom stereocenters. The third-order valence-corrected chi connectivity index (χ3v) is 4.64. The van der Waals surface area contributed by atoms with Crippen molar-refractivity contribution in [1.29, 1.82) is 0 Å². The number of carbonyl (C=O) groups is 2. The van der Waals surface area contributed by atoms with Gasteiger partial charge in [0.1, 0.15) is 12.0 Å². The summed E-state index contributed by atoms with van der Waals surface area (Å²) in [5.74, 6) is 0.134. The summed E-state index contributed by atoms with van der Waals surface area (Å²) < 4.78 is 10.3. The molecular weight excluding hydrogens is 322 g/mol. The minimum Gasteiger partial charge on any atom is -0.497 e.